The molecule has 2 aromatic rings. The van der Waals surface area contributed by atoms with Crippen molar-refractivity contribution >= 4 is 16.9 Å². The van der Waals surface area contributed by atoms with Gasteiger partial charge in [-0.05, 0) is 12.1 Å². The topological polar surface area (TPSA) is 54.5 Å². The number of para-hydroxylation sites is 1. The van der Waals surface area contributed by atoms with E-state index in [0.29, 0.717) is 13.2 Å². The first-order valence-electron chi connectivity index (χ1n) is 6.33. The number of carbonyl (C=O) groups excluding carboxylic acids is 1. The lowest BCUT2D eigenvalue weighted by atomic mass is 10.2. The van der Waals surface area contributed by atoms with Crippen molar-refractivity contribution in [2.75, 3.05) is 26.2 Å². The lowest BCUT2D eigenvalue weighted by Crippen LogP contribution is -2.31. The molecule has 1 aromatic carbocycles. The summed E-state index contributed by atoms with van der Waals surface area (Å²) in [7, 11) is 0. The van der Waals surface area contributed by atoms with Gasteiger partial charge in [-0.2, -0.15) is 0 Å². The number of ether oxygens (including phenoxy) is 1. The van der Waals surface area contributed by atoms with Crippen LogP contribution in [0.3, 0.4) is 0 Å². The summed E-state index contributed by atoms with van der Waals surface area (Å²) in [6.45, 7) is 2.54. The SMILES string of the molecule is O=C1NCCN1CCOc1cnc2ccccc2c1. The van der Waals surface area contributed by atoms with E-state index in [2.05, 4.69) is 10.3 Å². The van der Waals surface area contributed by atoms with Crippen molar-refractivity contribution < 1.29 is 9.53 Å². The molecule has 2 heterocycles. The van der Waals surface area contributed by atoms with Crippen LogP contribution in [0.5, 0.6) is 5.75 Å². The zero-order valence-electron chi connectivity index (χ0n) is 10.5. The predicted molar refractivity (Wildman–Crippen MR) is 72.2 cm³/mol. The van der Waals surface area contributed by atoms with Gasteiger partial charge in [-0.3, -0.25) is 4.98 Å². The maximum atomic E-state index is 11.3. The summed E-state index contributed by atoms with van der Waals surface area (Å²) >= 11 is 0. The molecule has 1 N–H and O–H groups in total. The van der Waals surface area contributed by atoms with Crippen LogP contribution in [0.15, 0.2) is 36.5 Å². The number of pyridine rings is 1. The van der Waals surface area contributed by atoms with Crippen molar-refractivity contribution in [3.05, 3.63) is 36.5 Å². The molecule has 1 aliphatic heterocycles. The monoisotopic (exact) mass is 257 g/mol. The summed E-state index contributed by atoms with van der Waals surface area (Å²) in [6, 6.07) is 9.85. The number of hydrogen-bond acceptors (Lipinski definition) is 3. The molecule has 1 aromatic heterocycles. The molecule has 0 spiro atoms. The van der Waals surface area contributed by atoms with Crippen molar-refractivity contribution in [3.63, 3.8) is 0 Å². The number of aromatic nitrogens is 1. The van der Waals surface area contributed by atoms with E-state index in [4.69, 9.17) is 4.74 Å². The van der Waals surface area contributed by atoms with Gasteiger partial charge in [-0.1, -0.05) is 18.2 Å². The Morgan fingerprint density at radius 3 is 3.11 bits per heavy atom. The lowest BCUT2D eigenvalue weighted by Gasteiger charge is -2.14. The molecule has 19 heavy (non-hydrogen) atoms. The Morgan fingerprint density at radius 2 is 2.26 bits per heavy atom. The number of rotatable bonds is 4. The number of amides is 2. The molecule has 1 fully saturated rings. The van der Waals surface area contributed by atoms with E-state index < -0.39 is 0 Å². The van der Waals surface area contributed by atoms with Gasteiger partial charge in [0.1, 0.15) is 12.4 Å². The van der Waals surface area contributed by atoms with Crippen LogP contribution in [-0.4, -0.2) is 42.2 Å². The molecule has 5 nitrogen and oxygen atoms in total. The molecule has 2 amide bonds. The molecule has 3 rings (SSSR count). The van der Waals surface area contributed by atoms with Gasteiger partial charge in [0.15, 0.2) is 0 Å². The van der Waals surface area contributed by atoms with Crippen molar-refractivity contribution in [3.8, 4) is 5.75 Å². The van der Waals surface area contributed by atoms with Gasteiger partial charge in [0.05, 0.1) is 18.3 Å². The molecule has 0 radical (unpaired) electrons. The first kappa shape index (κ1) is 11.8. The predicted octanol–water partition coefficient (Wildman–Crippen LogP) is 1.64. The third-order valence-corrected chi connectivity index (χ3v) is 3.14. The highest BCUT2D eigenvalue weighted by Crippen LogP contribution is 2.17. The van der Waals surface area contributed by atoms with Crippen LogP contribution >= 0.6 is 0 Å². The van der Waals surface area contributed by atoms with Gasteiger partial charge in [0.2, 0.25) is 0 Å². The molecular weight excluding hydrogens is 242 g/mol. The number of carbonyl (C=O) groups is 1. The average molecular weight is 257 g/mol. The van der Waals surface area contributed by atoms with Crippen LogP contribution in [0.1, 0.15) is 0 Å². The Bertz CT molecular complexity index is 600. The number of nitrogens with one attached hydrogen (secondary N) is 1. The molecule has 0 atom stereocenters. The van der Waals surface area contributed by atoms with Crippen LogP contribution < -0.4 is 10.1 Å². The Kier molecular flexibility index (Phi) is 3.18. The highest BCUT2D eigenvalue weighted by Gasteiger charge is 2.18. The molecule has 0 unspecified atom stereocenters. The molecule has 0 aliphatic carbocycles. The second kappa shape index (κ2) is 5.14. The third kappa shape index (κ3) is 2.59. The van der Waals surface area contributed by atoms with Crippen LogP contribution in [-0.2, 0) is 0 Å². The first-order chi connectivity index (χ1) is 9.33. The van der Waals surface area contributed by atoms with E-state index in [-0.39, 0.29) is 6.03 Å². The van der Waals surface area contributed by atoms with Gasteiger partial charge in [-0.25, -0.2) is 4.79 Å². The van der Waals surface area contributed by atoms with E-state index in [1.54, 1.807) is 11.1 Å². The largest absolute Gasteiger partial charge is 0.490 e. The quantitative estimate of drug-likeness (QED) is 0.906. The van der Waals surface area contributed by atoms with Crippen LogP contribution in [0.2, 0.25) is 0 Å². The van der Waals surface area contributed by atoms with Crippen LogP contribution in [0.4, 0.5) is 4.79 Å². The van der Waals surface area contributed by atoms with Crippen LogP contribution in [0, 0.1) is 0 Å². The van der Waals surface area contributed by atoms with Crippen molar-refractivity contribution in [1.29, 1.82) is 0 Å². The van der Waals surface area contributed by atoms with E-state index in [9.17, 15) is 4.79 Å². The zero-order chi connectivity index (χ0) is 13.1. The van der Waals surface area contributed by atoms with Gasteiger partial charge >= 0.3 is 6.03 Å². The highest BCUT2D eigenvalue weighted by atomic mass is 16.5. The summed E-state index contributed by atoms with van der Waals surface area (Å²) in [5, 5.41) is 3.82. The second-order valence-electron chi connectivity index (χ2n) is 4.43. The summed E-state index contributed by atoms with van der Waals surface area (Å²) in [4.78, 5) is 17.4. The number of fused-ring (bicyclic) bond motifs is 1. The lowest BCUT2D eigenvalue weighted by molar-refractivity contribution is 0.202. The smallest absolute Gasteiger partial charge is 0.317 e. The van der Waals surface area contributed by atoms with Gasteiger partial charge in [0, 0.05) is 18.5 Å². The van der Waals surface area contributed by atoms with E-state index in [0.717, 1.165) is 29.7 Å². The van der Waals surface area contributed by atoms with E-state index >= 15 is 0 Å². The first-order valence-corrected chi connectivity index (χ1v) is 6.33. The summed E-state index contributed by atoms with van der Waals surface area (Å²) in [6.07, 6.45) is 1.71. The van der Waals surface area contributed by atoms with E-state index in [1.165, 1.54) is 0 Å². The Morgan fingerprint density at radius 1 is 1.37 bits per heavy atom. The maximum absolute atomic E-state index is 11.3. The van der Waals surface area contributed by atoms with Crippen molar-refractivity contribution in [2.45, 2.75) is 0 Å². The van der Waals surface area contributed by atoms with Crippen molar-refractivity contribution in [1.82, 2.24) is 15.2 Å². The standard InChI is InChI=1S/C14H15N3O2/c18-14-15-5-6-17(14)7-8-19-12-9-11-3-1-2-4-13(11)16-10-12/h1-4,9-10H,5-8H2,(H,15,18). The Hall–Kier alpha value is -2.30. The normalized spacial score (nSPS) is 14.7. The molecule has 0 bridgehead atoms. The zero-order valence-corrected chi connectivity index (χ0v) is 10.5. The summed E-state index contributed by atoms with van der Waals surface area (Å²) in [5.41, 5.74) is 0.953. The number of benzene rings is 1. The minimum Gasteiger partial charge on any atom is -0.490 e. The number of hydrogen-bond donors (Lipinski definition) is 1. The minimum atomic E-state index is -0.0137. The van der Waals surface area contributed by atoms with Crippen LogP contribution in [0.25, 0.3) is 10.9 Å². The summed E-state index contributed by atoms with van der Waals surface area (Å²) in [5.74, 6) is 0.735. The van der Waals surface area contributed by atoms with E-state index in [1.807, 2.05) is 30.3 Å². The molecule has 98 valence electrons. The number of nitrogens with zero attached hydrogens (tertiary/aromatic N) is 2. The molecule has 5 heteroatoms. The molecule has 1 saturated heterocycles. The third-order valence-electron chi connectivity index (χ3n) is 3.14. The molecule has 1 aliphatic rings. The number of urea groups is 1. The average Bonchev–Trinajstić information content (AvgIpc) is 2.84. The van der Waals surface area contributed by atoms with Gasteiger partial charge in [-0.15, -0.1) is 0 Å². The fourth-order valence-electron chi connectivity index (χ4n) is 2.13. The van der Waals surface area contributed by atoms with Gasteiger partial charge < -0.3 is 15.0 Å². The highest BCUT2D eigenvalue weighted by molar-refractivity contribution is 5.79. The molecule has 0 saturated carbocycles. The maximum Gasteiger partial charge on any atom is 0.317 e. The Labute approximate surface area is 111 Å². The van der Waals surface area contributed by atoms with Crippen molar-refractivity contribution in [2.24, 2.45) is 0 Å². The fourth-order valence-corrected chi connectivity index (χ4v) is 2.13. The summed E-state index contributed by atoms with van der Waals surface area (Å²) < 4.78 is 5.64. The van der Waals surface area contributed by atoms with Gasteiger partial charge in [0.25, 0.3) is 0 Å². The second-order valence-corrected chi connectivity index (χ2v) is 4.43. The Balaban J connectivity index is 1.60. The fraction of sp³-hybridized carbons (Fsp3) is 0.286. The molecular formula is C14H15N3O2. The minimum absolute atomic E-state index is 0.0137.